The topological polar surface area (TPSA) is 66.8 Å². The number of hydrogen-bond donors (Lipinski definition) is 1. The number of carboxylic acid groups (broad SMARTS) is 1. The van der Waals surface area contributed by atoms with Crippen molar-refractivity contribution in [2.45, 2.75) is 19.4 Å². The Morgan fingerprint density at radius 1 is 1.61 bits per heavy atom. The van der Waals surface area contributed by atoms with Crippen LogP contribution in [0.3, 0.4) is 0 Å². The zero-order chi connectivity index (χ0) is 12.9. The van der Waals surface area contributed by atoms with Crippen molar-refractivity contribution in [2.24, 2.45) is 5.92 Å². The van der Waals surface area contributed by atoms with Gasteiger partial charge in [0.15, 0.2) is 0 Å². The summed E-state index contributed by atoms with van der Waals surface area (Å²) in [4.78, 5) is 24.2. The van der Waals surface area contributed by atoms with E-state index < -0.39 is 6.16 Å². The number of allylic oxidation sites excluding steroid dienone is 1. The first-order valence-electron chi connectivity index (χ1n) is 5.86. The minimum absolute atomic E-state index is 0.000324. The lowest BCUT2D eigenvalue weighted by atomic mass is 9.84. The Morgan fingerprint density at radius 3 is 3.06 bits per heavy atom. The van der Waals surface area contributed by atoms with Crippen LogP contribution in [0.1, 0.15) is 13.3 Å². The first-order valence-corrected chi connectivity index (χ1v) is 7.02. The first kappa shape index (κ1) is 11.6. The molecule has 3 rings (SSSR count). The van der Waals surface area contributed by atoms with Gasteiger partial charge in [-0.15, -0.1) is 0 Å². The van der Waals surface area contributed by atoms with Gasteiger partial charge in [-0.2, -0.15) is 11.8 Å². The van der Waals surface area contributed by atoms with Crippen molar-refractivity contribution in [3.05, 3.63) is 23.1 Å². The summed E-state index contributed by atoms with van der Waals surface area (Å²) in [6.07, 6.45) is 1.27. The second-order valence-electron chi connectivity index (χ2n) is 4.49. The molecule has 18 heavy (non-hydrogen) atoms. The van der Waals surface area contributed by atoms with E-state index in [0.29, 0.717) is 0 Å². The van der Waals surface area contributed by atoms with E-state index in [0.717, 1.165) is 29.1 Å². The zero-order valence-corrected chi connectivity index (χ0v) is 10.7. The van der Waals surface area contributed by atoms with E-state index in [1.54, 1.807) is 0 Å². The molecule has 0 aromatic carbocycles. The van der Waals surface area contributed by atoms with Crippen molar-refractivity contribution in [3.63, 3.8) is 0 Å². The molecular weight excluding hydrogens is 254 g/mol. The molecule has 1 amide bonds. The van der Waals surface area contributed by atoms with E-state index in [2.05, 4.69) is 0 Å². The number of hydrogen-bond acceptors (Lipinski definition) is 4. The van der Waals surface area contributed by atoms with Gasteiger partial charge in [0, 0.05) is 17.2 Å². The standard InChI is InChI=1S/C12H13NO4S/c1-2-6-9-8-5-18-4-3-7(8)11(17-12(15)16)13(9)10(6)14/h2,8-9H,3-5H2,1H3,(H,15,16)/b6-2+/t8-,9+/m1/s1. The van der Waals surface area contributed by atoms with Crippen LogP contribution in [-0.4, -0.2) is 39.6 Å². The minimum Gasteiger partial charge on any atom is -0.449 e. The fourth-order valence-corrected chi connectivity index (χ4v) is 4.12. The number of carbonyl (C=O) groups excluding carboxylic acids is 1. The first-order chi connectivity index (χ1) is 8.65. The smallest absolute Gasteiger partial charge is 0.449 e. The van der Waals surface area contributed by atoms with Gasteiger partial charge in [0.1, 0.15) is 0 Å². The third kappa shape index (κ3) is 1.41. The van der Waals surface area contributed by atoms with Crippen LogP contribution >= 0.6 is 11.8 Å². The van der Waals surface area contributed by atoms with Crippen molar-refractivity contribution in [1.29, 1.82) is 0 Å². The lowest BCUT2D eigenvalue weighted by Gasteiger charge is -2.40. The third-order valence-corrected chi connectivity index (χ3v) is 4.78. The number of fused-ring (bicyclic) bond motifs is 3. The van der Waals surface area contributed by atoms with Crippen molar-refractivity contribution >= 4 is 23.8 Å². The molecule has 3 heterocycles. The molecule has 5 nitrogen and oxygen atoms in total. The number of amides is 1. The summed E-state index contributed by atoms with van der Waals surface area (Å²) in [5, 5.41) is 8.79. The molecule has 0 aromatic heterocycles. The molecule has 0 radical (unpaired) electrons. The zero-order valence-electron chi connectivity index (χ0n) is 9.88. The van der Waals surface area contributed by atoms with Gasteiger partial charge in [0.2, 0.25) is 5.88 Å². The number of nitrogens with zero attached hydrogens (tertiary/aromatic N) is 1. The highest BCUT2D eigenvalue weighted by Gasteiger charge is 2.56. The number of rotatable bonds is 1. The van der Waals surface area contributed by atoms with Crippen molar-refractivity contribution in [3.8, 4) is 0 Å². The summed E-state index contributed by atoms with van der Waals surface area (Å²) in [5.41, 5.74) is 1.77. The van der Waals surface area contributed by atoms with Crippen LogP contribution in [0, 0.1) is 5.92 Å². The largest absolute Gasteiger partial charge is 0.512 e. The van der Waals surface area contributed by atoms with E-state index in [1.165, 1.54) is 4.90 Å². The number of β-lactam (4-membered cyclic amide) rings is 1. The molecule has 0 aromatic rings. The van der Waals surface area contributed by atoms with Crippen LogP contribution in [-0.2, 0) is 9.53 Å². The molecule has 0 saturated carbocycles. The Kier molecular flexibility index (Phi) is 2.62. The van der Waals surface area contributed by atoms with E-state index in [1.807, 2.05) is 24.8 Å². The predicted molar refractivity (Wildman–Crippen MR) is 66.0 cm³/mol. The third-order valence-electron chi connectivity index (χ3n) is 3.69. The highest BCUT2D eigenvalue weighted by molar-refractivity contribution is 7.99. The summed E-state index contributed by atoms with van der Waals surface area (Å²) in [6.45, 7) is 1.84. The molecule has 1 N–H and O–H groups in total. The van der Waals surface area contributed by atoms with E-state index >= 15 is 0 Å². The Hall–Kier alpha value is -1.43. The number of thioether (sulfide) groups is 1. The van der Waals surface area contributed by atoms with Gasteiger partial charge in [-0.05, 0) is 24.7 Å². The maximum absolute atomic E-state index is 12.0. The SMILES string of the molecule is C/C=C1/C(=O)N2C(OC(=O)O)=C3CCSC[C@H]3[C@H]12. The Morgan fingerprint density at radius 2 is 2.39 bits per heavy atom. The van der Waals surface area contributed by atoms with Crippen LogP contribution < -0.4 is 0 Å². The molecule has 3 aliphatic rings. The molecular formula is C12H13NO4S. The summed E-state index contributed by atoms with van der Waals surface area (Å²) in [5.74, 6) is 2.26. The summed E-state index contributed by atoms with van der Waals surface area (Å²) in [7, 11) is 0. The molecule has 0 spiro atoms. The van der Waals surface area contributed by atoms with Crippen LogP contribution in [0.15, 0.2) is 23.1 Å². The molecule has 3 aliphatic heterocycles. The van der Waals surface area contributed by atoms with Crippen LogP contribution in [0.5, 0.6) is 0 Å². The van der Waals surface area contributed by atoms with Gasteiger partial charge in [0.25, 0.3) is 5.91 Å². The number of carbonyl (C=O) groups is 2. The average Bonchev–Trinajstić information content (AvgIpc) is 2.61. The van der Waals surface area contributed by atoms with Crippen molar-refractivity contribution < 1.29 is 19.4 Å². The molecule has 96 valence electrons. The fraction of sp³-hybridized carbons (Fsp3) is 0.500. The minimum atomic E-state index is -1.35. The van der Waals surface area contributed by atoms with E-state index in [-0.39, 0.29) is 23.8 Å². The van der Waals surface area contributed by atoms with E-state index in [4.69, 9.17) is 9.84 Å². The summed E-state index contributed by atoms with van der Waals surface area (Å²) in [6, 6.07) is -0.000324. The molecule has 2 saturated heterocycles. The van der Waals surface area contributed by atoms with Gasteiger partial charge >= 0.3 is 6.16 Å². The lowest BCUT2D eigenvalue weighted by molar-refractivity contribution is -0.136. The maximum atomic E-state index is 12.0. The van der Waals surface area contributed by atoms with Crippen LogP contribution in [0.4, 0.5) is 4.79 Å². The molecule has 6 heteroatoms. The van der Waals surface area contributed by atoms with Gasteiger partial charge in [-0.1, -0.05) is 6.08 Å². The van der Waals surface area contributed by atoms with Gasteiger partial charge < -0.3 is 9.84 Å². The predicted octanol–water partition coefficient (Wildman–Crippen LogP) is 1.82. The van der Waals surface area contributed by atoms with Crippen LogP contribution in [0.25, 0.3) is 0 Å². The Balaban J connectivity index is 1.99. The highest BCUT2D eigenvalue weighted by Crippen LogP contribution is 2.50. The monoisotopic (exact) mass is 267 g/mol. The van der Waals surface area contributed by atoms with Crippen LogP contribution in [0.2, 0.25) is 0 Å². The molecule has 2 atom stereocenters. The quantitative estimate of drug-likeness (QED) is 0.446. The molecule has 2 fully saturated rings. The summed E-state index contributed by atoms with van der Waals surface area (Å²) >= 11 is 1.84. The summed E-state index contributed by atoms with van der Waals surface area (Å²) < 4.78 is 4.84. The average molecular weight is 267 g/mol. The van der Waals surface area contributed by atoms with Gasteiger partial charge in [-0.3, -0.25) is 9.69 Å². The second kappa shape index (κ2) is 4.05. The van der Waals surface area contributed by atoms with Crippen molar-refractivity contribution in [2.75, 3.05) is 11.5 Å². The van der Waals surface area contributed by atoms with Gasteiger partial charge in [0.05, 0.1) is 6.04 Å². The molecule has 0 bridgehead atoms. The maximum Gasteiger partial charge on any atom is 0.512 e. The lowest BCUT2D eigenvalue weighted by Crippen LogP contribution is -2.54. The molecule has 0 aliphatic carbocycles. The molecule has 0 unspecified atom stereocenters. The fourth-order valence-electron chi connectivity index (χ4n) is 2.95. The van der Waals surface area contributed by atoms with Crippen molar-refractivity contribution in [1.82, 2.24) is 4.90 Å². The second-order valence-corrected chi connectivity index (χ2v) is 5.64. The highest BCUT2D eigenvalue weighted by atomic mass is 32.2. The van der Waals surface area contributed by atoms with Gasteiger partial charge in [-0.25, -0.2) is 4.79 Å². The normalized spacial score (nSPS) is 32.2. The Labute approximate surface area is 108 Å². The Bertz CT molecular complexity index is 496. The number of ether oxygens (including phenoxy) is 1. The van der Waals surface area contributed by atoms with E-state index in [9.17, 15) is 9.59 Å².